The Kier molecular flexibility index (Phi) is 3.71. The summed E-state index contributed by atoms with van der Waals surface area (Å²) in [6.45, 7) is -0.521. The summed E-state index contributed by atoms with van der Waals surface area (Å²) in [7, 11) is 0. The number of hydrogen-bond acceptors (Lipinski definition) is 7. The van der Waals surface area contributed by atoms with Gasteiger partial charge in [-0.1, -0.05) is 0 Å². The molecule has 0 saturated carbocycles. The highest BCUT2D eigenvalue weighted by molar-refractivity contribution is 5.95. The molecule has 0 aliphatic rings. The molecule has 1 N–H and O–H groups in total. The standard InChI is InChI=1S/C11H9N3O6/c15-4-5-20-11-9(14(18)19)6-8(13(16)17)7-2-1-3-12-10(7)11/h1-3,6,15H,4-5H2. The van der Waals surface area contributed by atoms with E-state index in [2.05, 4.69) is 4.98 Å². The van der Waals surface area contributed by atoms with Crippen LogP contribution in [0.1, 0.15) is 0 Å². The number of hydrogen-bond donors (Lipinski definition) is 1. The lowest BCUT2D eigenvalue weighted by Crippen LogP contribution is -2.06. The molecule has 1 aromatic carbocycles. The van der Waals surface area contributed by atoms with Gasteiger partial charge in [-0.15, -0.1) is 0 Å². The minimum atomic E-state index is -0.784. The third-order valence-corrected chi connectivity index (χ3v) is 2.54. The molecule has 2 rings (SSSR count). The number of nitro benzene ring substituents is 2. The second-order valence-corrected chi connectivity index (χ2v) is 3.73. The minimum Gasteiger partial charge on any atom is -0.483 e. The topological polar surface area (TPSA) is 129 Å². The summed E-state index contributed by atoms with van der Waals surface area (Å²) in [6, 6.07) is 3.74. The van der Waals surface area contributed by atoms with Crippen molar-refractivity contribution in [1.29, 1.82) is 0 Å². The van der Waals surface area contributed by atoms with Gasteiger partial charge in [0.25, 0.3) is 5.69 Å². The van der Waals surface area contributed by atoms with Crippen LogP contribution in [-0.2, 0) is 0 Å². The van der Waals surface area contributed by atoms with Crippen LogP contribution in [0, 0.1) is 20.2 Å². The summed E-state index contributed by atoms with van der Waals surface area (Å²) in [5.74, 6) is -0.190. The maximum atomic E-state index is 11.0. The first-order valence-corrected chi connectivity index (χ1v) is 5.50. The zero-order valence-electron chi connectivity index (χ0n) is 10.1. The lowest BCUT2D eigenvalue weighted by atomic mass is 10.1. The molecule has 9 nitrogen and oxygen atoms in total. The summed E-state index contributed by atoms with van der Waals surface area (Å²) >= 11 is 0. The van der Waals surface area contributed by atoms with Gasteiger partial charge in [0.15, 0.2) is 0 Å². The smallest absolute Gasteiger partial charge is 0.320 e. The van der Waals surface area contributed by atoms with Gasteiger partial charge in [0.2, 0.25) is 5.75 Å². The SMILES string of the molecule is O=[N+]([O-])c1cc([N+](=O)[O-])c2cccnc2c1OCCO. The quantitative estimate of drug-likeness (QED) is 0.647. The Morgan fingerprint density at radius 2 is 1.95 bits per heavy atom. The first-order chi connectivity index (χ1) is 9.56. The van der Waals surface area contributed by atoms with Gasteiger partial charge in [-0.05, 0) is 12.1 Å². The van der Waals surface area contributed by atoms with Crippen LogP contribution in [0.5, 0.6) is 5.75 Å². The lowest BCUT2D eigenvalue weighted by Gasteiger charge is -2.08. The van der Waals surface area contributed by atoms with Crippen molar-refractivity contribution in [2.45, 2.75) is 0 Å². The molecule has 1 heterocycles. The van der Waals surface area contributed by atoms with Crippen LogP contribution in [0.15, 0.2) is 24.4 Å². The van der Waals surface area contributed by atoms with Crippen LogP contribution in [0.4, 0.5) is 11.4 Å². The molecule has 0 fully saturated rings. The fraction of sp³-hybridized carbons (Fsp3) is 0.182. The summed E-state index contributed by atoms with van der Waals surface area (Å²) in [4.78, 5) is 24.4. The molecule has 2 aromatic rings. The fourth-order valence-electron chi connectivity index (χ4n) is 1.76. The van der Waals surface area contributed by atoms with Gasteiger partial charge in [-0.3, -0.25) is 25.2 Å². The van der Waals surface area contributed by atoms with Gasteiger partial charge in [0.05, 0.1) is 27.9 Å². The van der Waals surface area contributed by atoms with Gasteiger partial charge in [0.1, 0.15) is 12.1 Å². The number of nitro groups is 2. The third kappa shape index (κ3) is 2.34. The predicted molar refractivity (Wildman–Crippen MR) is 67.6 cm³/mol. The van der Waals surface area contributed by atoms with Crippen LogP contribution in [0.25, 0.3) is 10.9 Å². The Labute approximate surface area is 111 Å². The Morgan fingerprint density at radius 3 is 2.55 bits per heavy atom. The molecule has 1 aromatic heterocycles. The zero-order chi connectivity index (χ0) is 14.7. The van der Waals surface area contributed by atoms with E-state index in [9.17, 15) is 20.2 Å². The van der Waals surface area contributed by atoms with Crippen molar-refractivity contribution in [2.24, 2.45) is 0 Å². The Bertz CT molecular complexity index is 687. The molecule has 9 heteroatoms. The van der Waals surface area contributed by atoms with Gasteiger partial charge in [-0.2, -0.15) is 0 Å². The number of aliphatic hydroxyl groups is 1. The second-order valence-electron chi connectivity index (χ2n) is 3.73. The molecule has 0 aliphatic heterocycles. The van der Waals surface area contributed by atoms with Crippen LogP contribution < -0.4 is 4.74 Å². The van der Waals surface area contributed by atoms with E-state index in [4.69, 9.17) is 9.84 Å². The average Bonchev–Trinajstić information content (AvgIpc) is 2.43. The normalized spacial score (nSPS) is 10.4. The summed E-state index contributed by atoms with van der Waals surface area (Å²) in [5.41, 5.74) is -0.964. The maximum absolute atomic E-state index is 11.0. The van der Waals surface area contributed by atoms with Crippen LogP contribution >= 0.6 is 0 Å². The Balaban J connectivity index is 2.80. The van der Waals surface area contributed by atoms with Gasteiger partial charge < -0.3 is 9.84 Å². The Hall–Kier alpha value is -2.81. The maximum Gasteiger partial charge on any atom is 0.320 e. The number of aliphatic hydroxyl groups excluding tert-OH is 1. The molecule has 0 atom stereocenters. The monoisotopic (exact) mass is 279 g/mol. The molecule has 0 spiro atoms. The molecule has 20 heavy (non-hydrogen) atoms. The van der Waals surface area contributed by atoms with E-state index in [0.29, 0.717) is 0 Å². The molecule has 0 unspecified atom stereocenters. The first-order valence-electron chi connectivity index (χ1n) is 5.50. The predicted octanol–water partition coefficient (Wildman–Crippen LogP) is 1.42. The first kappa shape index (κ1) is 13.6. The highest BCUT2D eigenvalue weighted by Crippen LogP contribution is 2.39. The van der Waals surface area contributed by atoms with E-state index in [-0.39, 0.29) is 29.9 Å². The number of pyridine rings is 1. The highest BCUT2D eigenvalue weighted by atomic mass is 16.6. The van der Waals surface area contributed by atoms with E-state index >= 15 is 0 Å². The van der Waals surface area contributed by atoms with Gasteiger partial charge >= 0.3 is 5.69 Å². The van der Waals surface area contributed by atoms with Crippen molar-refractivity contribution in [1.82, 2.24) is 4.98 Å². The number of nitrogens with zero attached hydrogens (tertiary/aromatic N) is 3. The summed E-state index contributed by atoms with van der Waals surface area (Å²) in [5, 5.41) is 30.9. The number of fused-ring (bicyclic) bond motifs is 1. The number of non-ortho nitro benzene ring substituents is 1. The molecule has 0 bridgehead atoms. The molecule has 0 saturated heterocycles. The van der Waals surface area contributed by atoms with Gasteiger partial charge in [0, 0.05) is 6.20 Å². The van der Waals surface area contributed by atoms with E-state index in [1.807, 2.05) is 0 Å². The van der Waals surface area contributed by atoms with Crippen molar-refractivity contribution in [3.63, 3.8) is 0 Å². The lowest BCUT2D eigenvalue weighted by molar-refractivity contribution is -0.393. The average molecular weight is 279 g/mol. The fourth-order valence-corrected chi connectivity index (χ4v) is 1.76. The molecular formula is C11H9N3O6. The minimum absolute atomic E-state index is 0.0156. The highest BCUT2D eigenvalue weighted by Gasteiger charge is 2.27. The van der Waals surface area contributed by atoms with Gasteiger partial charge in [-0.25, -0.2) is 0 Å². The summed E-state index contributed by atoms with van der Waals surface area (Å²) < 4.78 is 5.12. The molecule has 0 amide bonds. The number of benzene rings is 1. The molecular weight excluding hydrogens is 270 g/mol. The van der Waals surface area contributed by atoms with Crippen LogP contribution in [0.3, 0.4) is 0 Å². The van der Waals surface area contributed by atoms with E-state index < -0.39 is 21.2 Å². The van der Waals surface area contributed by atoms with Crippen LogP contribution in [0.2, 0.25) is 0 Å². The number of ether oxygens (including phenoxy) is 1. The van der Waals surface area contributed by atoms with Crippen molar-refractivity contribution in [3.8, 4) is 5.75 Å². The number of rotatable bonds is 5. The van der Waals surface area contributed by atoms with Crippen LogP contribution in [-0.4, -0.2) is 33.2 Å². The van der Waals surface area contributed by atoms with Crippen molar-refractivity contribution >= 4 is 22.3 Å². The van der Waals surface area contributed by atoms with E-state index in [1.54, 1.807) is 0 Å². The molecule has 104 valence electrons. The summed E-state index contributed by atoms with van der Waals surface area (Å²) in [6.07, 6.45) is 1.35. The van der Waals surface area contributed by atoms with Crippen molar-refractivity contribution < 1.29 is 19.7 Å². The Morgan fingerprint density at radius 1 is 1.25 bits per heavy atom. The van der Waals surface area contributed by atoms with Crippen molar-refractivity contribution in [3.05, 3.63) is 44.6 Å². The largest absolute Gasteiger partial charge is 0.483 e. The molecule has 0 radical (unpaired) electrons. The second kappa shape index (κ2) is 5.45. The van der Waals surface area contributed by atoms with Crippen molar-refractivity contribution in [2.75, 3.05) is 13.2 Å². The zero-order valence-corrected chi connectivity index (χ0v) is 10.1. The van der Waals surface area contributed by atoms with E-state index in [0.717, 1.165) is 6.07 Å². The molecule has 0 aliphatic carbocycles. The van der Waals surface area contributed by atoms with E-state index in [1.165, 1.54) is 18.3 Å². The number of aromatic nitrogens is 1. The third-order valence-electron chi connectivity index (χ3n) is 2.54.